The molecule has 0 aromatic heterocycles. The normalized spacial score (nSPS) is 36.1. The molecule has 1 N–H and O–H groups in total. The number of hydrogen-bond acceptors (Lipinski definition) is 10. The molecule has 3 aromatic rings. The summed E-state index contributed by atoms with van der Waals surface area (Å²) >= 11 is 0. The predicted octanol–water partition coefficient (Wildman–Crippen LogP) is 5.30. The summed E-state index contributed by atoms with van der Waals surface area (Å²) in [4.78, 5) is 12.7. The number of aliphatic hydroxyl groups excluding tert-OH is 1. The van der Waals surface area contributed by atoms with Crippen LogP contribution in [0.25, 0.3) is 0 Å². The van der Waals surface area contributed by atoms with Crippen LogP contribution in [0.15, 0.2) is 95.9 Å². The van der Waals surface area contributed by atoms with Crippen molar-refractivity contribution in [3.63, 3.8) is 0 Å². The minimum atomic E-state index is -3.89. The first-order valence-corrected chi connectivity index (χ1v) is 20.1. The van der Waals surface area contributed by atoms with Crippen LogP contribution in [-0.2, 0) is 56.3 Å². The Morgan fingerprint density at radius 3 is 2.10 bits per heavy atom. The SMILES string of the molecule is CC(=O)C[C@@H]1O[C@@H]2[C@@H](CS(=O)(=O)c3ccccc3)[C@H](O)[C@@H]3O[C@@]4(C[C@H](OCc5ccccc5)CO4)[C@@H](C)[C@H](C)[C@H]3O[C@H]2C[C@H]1OCc1ccccc1. The van der Waals surface area contributed by atoms with Crippen molar-refractivity contribution in [3.05, 3.63) is 102 Å². The number of benzene rings is 3. The highest BCUT2D eigenvalue weighted by Crippen LogP contribution is 2.50. The van der Waals surface area contributed by atoms with E-state index in [9.17, 15) is 18.3 Å². The van der Waals surface area contributed by atoms with Gasteiger partial charge in [0, 0.05) is 31.1 Å². The summed E-state index contributed by atoms with van der Waals surface area (Å²) in [6.07, 6.45) is -4.81. The first-order chi connectivity index (χ1) is 25.0. The van der Waals surface area contributed by atoms with Crippen LogP contribution in [0.3, 0.4) is 0 Å². The van der Waals surface area contributed by atoms with Gasteiger partial charge in [0.2, 0.25) is 0 Å². The lowest BCUT2D eigenvalue weighted by Crippen LogP contribution is -2.61. The minimum Gasteiger partial charge on any atom is -0.390 e. The van der Waals surface area contributed by atoms with Gasteiger partial charge in [0.05, 0.1) is 73.2 Å². The van der Waals surface area contributed by atoms with E-state index < -0.39 is 70.0 Å². The van der Waals surface area contributed by atoms with Crippen LogP contribution in [0.1, 0.15) is 51.2 Å². The van der Waals surface area contributed by atoms with Crippen LogP contribution in [0.4, 0.5) is 0 Å². The molecule has 4 aliphatic heterocycles. The topological polar surface area (TPSA) is 127 Å². The molecule has 0 unspecified atom stereocenters. The van der Waals surface area contributed by atoms with Crippen LogP contribution in [0.2, 0.25) is 0 Å². The van der Waals surface area contributed by atoms with Gasteiger partial charge < -0.3 is 33.5 Å². The van der Waals surface area contributed by atoms with Crippen molar-refractivity contribution in [2.24, 2.45) is 17.8 Å². The number of hydrogen-bond donors (Lipinski definition) is 1. The molecule has 0 amide bonds. The van der Waals surface area contributed by atoms with E-state index in [2.05, 4.69) is 13.8 Å². The molecule has 0 saturated carbocycles. The van der Waals surface area contributed by atoms with Gasteiger partial charge in [0.15, 0.2) is 15.6 Å². The van der Waals surface area contributed by atoms with Crippen molar-refractivity contribution < 1.29 is 46.7 Å². The van der Waals surface area contributed by atoms with E-state index in [1.807, 2.05) is 60.7 Å². The molecule has 4 saturated heterocycles. The van der Waals surface area contributed by atoms with Crippen LogP contribution in [-0.4, -0.2) is 86.3 Å². The summed E-state index contributed by atoms with van der Waals surface area (Å²) in [5.41, 5.74) is 2.03. The number of ketones is 1. The average Bonchev–Trinajstić information content (AvgIpc) is 3.53. The van der Waals surface area contributed by atoms with Crippen molar-refractivity contribution in [2.75, 3.05) is 12.4 Å². The fraction of sp³-hybridized carbons (Fsp3) is 0.537. The van der Waals surface area contributed by atoms with Crippen molar-refractivity contribution in [3.8, 4) is 0 Å². The van der Waals surface area contributed by atoms with E-state index in [-0.39, 0.29) is 35.0 Å². The number of rotatable bonds is 11. The first kappa shape index (κ1) is 37.3. The van der Waals surface area contributed by atoms with Crippen molar-refractivity contribution >= 4 is 15.6 Å². The van der Waals surface area contributed by atoms with Crippen LogP contribution >= 0.6 is 0 Å². The van der Waals surface area contributed by atoms with Crippen molar-refractivity contribution in [1.29, 1.82) is 0 Å². The van der Waals surface area contributed by atoms with Crippen LogP contribution < -0.4 is 0 Å². The lowest BCUT2D eigenvalue weighted by atomic mass is 9.75. The molecule has 12 atom stereocenters. The third-order valence-corrected chi connectivity index (χ3v) is 13.2. The molecule has 11 heteroatoms. The summed E-state index contributed by atoms with van der Waals surface area (Å²) in [5.74, 6) is -2.79. The van der Waals surface area contributed by atoms with E-state index in [0.717, 1.165) is 11.1 Å². The summed E-state index contributed by atoms with van der Waals surface area (Å²) < 4.78 is 67.7. The van der Waals surface area contributed by atoms with Gasteiger partial charge in [-0.25, -0.2) is 8.42 Å². The van der Waals surface area contributed by atoms with E-state index in [0.29, 0.717) is 32.7 Å². The lowest BCUT2D eigenvalue weighted by molar-refractivity contribution is -0.338. The summed E-state index contributed by atoms with van der Waals surface area (Å²) in [6.45, 7) is 6.71. The van der Waals surface area contributed by atoms with E-state index in [1.54, 1.807) is 30.3 Å². The highest BCUT2D eigenvalue weighted by atomic mass is 32.2. The molecule has 10 nitrogen and oxygen atoms in total. The third-order valence-electron chi connectivity index (χ3n) is 11.4. The Morgan fingerprint density at radius 2 is 1.46 bits per heavy atom. The van der Waals surface area contributed by atoms with Gasteiger partial charge in [-0.05, 0) is 36.1 Å². The van der Waals surface area contributed by atoms with Gasteiger partial charge in [-0.15, -0.1) is 0 Å². The fourth-order valence-electron chi connectivity index (χ4n) is 8.45. The highest BCUT2D eigenvalue weighted by Gasteiger charge is 2.62. The van der Waals surface area contributed by atoms with Gasteiger partial charge in [-0.1, -0.05) is 92.7 Å². The van der Waals surface area contributed by atoms with Gasteiger partial charge >= 0.3 is 0 Å². The second kappa shape index (κ2) is 15.8. The number of Topliss-reactive ketones (excluding diaryl/α,β-unsaturated/α-hetero) is 1. The number of carbonyl (C=O) groups is 1. The maximum Gasteiger partial charge on any atom is 0.178 e. The summed E-state index contributed by atoms with van der Waals surface area (Å²) in [7, 11) is -3.89. The highest BCUT2D eigenvalue weighted by molar-refractivity contribution is 7.91. The number of aliphatic hydroxyl groups is 1. The largest absolute Gasteiger partial charge is 0.390 e. The minimum absolute atomic E-state index is 0.0784. The average molecular weight is 735 g/mol. The third kappa shape index (κ3) is 7.93. The first-order valence-electron chi connectivity index (χ1n) is 18.4. The van der Waals surface area contributed by atoms with E-state index in [1.165, 1.54) is 6.92 Å². The Kier molecular flexibility index (Phi) is 11.3. The smallest absolute Gasteiger partial charge is 0.178 e. The zero-order valence-electron chi connectivity index (χ0n) is 30.0. The Labute approximate surface area is 306 Å². The van der Waals surface area contributed by atoms with Crippen LogP contribution in [0, 0.1) is 17.8 Å². The van der Waals surface area contributed by atoms with Gasteiger partial charge in [0.1, 0.15) is 11.9 Å². The summed E-state index contributed by atoms with van der Waals surface area (Å²) in [5, 5.41) is 12.4. The standard InChI is InChI=1S/C41H50O10S/c1-26(42)19-35-34(47-23-30-15-9-5-10-16-30)20-36-39(49-35)33(25-52(44,45)32-17-11-6-12-18-32)37(43)40-38(50-36)27(2)28(3)41(51-40)21-31(24-48-41)46-22-29-13-7-4-8-14-29/h4-18,27-28,31,33-40,43H,19-25H2,1-3H3/t27-,28-,31-,33-,34+,35-,36-,37-,38+,39+,40-,41-/m0/s1. The maximum absolute atomic E-state index is 14.0. The second-order valence-electron chi connectivity index (χ2n) is 15.0. The summed E-state index contributed by atoms with van der Waals surface area (Å²) in [6, 6.07) is 27.9. The lowest BCUT2D eigenvalue weighted by Gasteiger charge is -2.51. The van der Waals surface area contributed by atoms with Gasteiger partial charge in [0.25, 0.3) is 0 Å². The molecular weight excluding hydrogens is 685 g/mol. The molecule has 1 spiro atoms. The Hall–Kier alpha value is -3.00. The number of carbonyl (C=O) groups excluding carboxylic acids is 1. The monoisotopic (exact) mass is 734 g/mol. The molecule has 7 rings (SSSR count). The molecule has 3 aromatic carbocycles. The molecule has 4 fully saturated rings. The molecule has 0 bridgehead atoms. The Bertz CT molecular complexity index is 1740. The molecule has 52 heavy (non-hydrogen) atoms. The van der Waals surface area contributed by atoms with Crippen molar-refractivity contribution in [1.82, 2.24) is 0 Å². The quantitative estimate of drug-likeness (QED) is 0.278. The number of ether oxygens (including phenoxy) is 6. The van der Waals surface area contributed by atoms with Crippen molar-refractivity contribution in [2.45, 2.75) is 113 Å². The molecule has 0 radical (unpaired) electrons. The predicted molar refractivity (Wildman–Crippen MR) is 192 cm³/mol. The second-order valence-corrected chi connectivity index (χ2v) is 17.0. The van der Waals surface area contributed by atoms with Crippen LogP contribution in [0.5, 0.6) is 0 Å². The molecule has 0 aliphatic carbocycles. The fourth-order valence-corrected chi connectivity index (χ4v) is 10.1. The van der Waals surface area contributed by atoms with Gasteiger partial charge in [-0.3, -0.25) is 4.79 Å². The molecule has 4 aliphatic rings. The van der Waals surface area contributed by atoms with E-state index in [4.69, 9.17) is 28.4 Å². The molecule has 280 valence electrons. The zero-order valence-corrected chi connectivity index (χ0v) is 30.8. The Morgan fingerprint density at radius 1 is 0.846 bits per heavy atom. The molecular formula is C41H50O10S. The number of sulfone groups is 1. The maximum atomic E-state index is 14.0. The van der Waals surface area contributed by atoms with Gasteiger partial charge in [-0.2, -0.15) is 0 Å². The Balaban J connectivity index is 1.18. The number of fused-ring (bicyclic) bond motifs is 2. The van der Waals surface area contributed by atoms with E-state index >= 15 is 0 Å². The zero-order chi connectivity index (χ0) is 36.5. The molecule has 4 heterocycles.